The number of rotatable bonds is 2. The van der Waals surface area contributed by atoms with E-state index in [1.807, 2.05) is 6.08 Å². The van der Waals surface area contributed by atoms with Crippen molar-refractivity contribution >= 4 is 11.6 Å². The summed E-state index contributed by atoms with van der Waals surface area (Å²) in [6.07, 6.45) is 4.85. The quantitative estimate of drug-likeness (QED) is 0.596. The van der Waals surface area contributed by atoms with Gasteiger partial charge >= 0.3 is 0 Å². The van der Waals surface area contributed by atoms with Crippen LogP contribution in [0.25, 0.3) is 0 Å². The second-order valence-electron chi connectivity index (χ2n) is 6.14. The molecule has 6 atom stereocenters. The van der Waals surface area contributed by atoms with Crippen molar-refractivity contribution in [1.82, 2.24) is 0 Å². The van der Waals surface area contributed by atoms with E-state index in [-0.39, 0.29) is 11.3 Å². The molecule has 0 unspecified atom stereocenters. The Kier molecular flexibility index (Phi) is 3.02. The first-order valence-electron chi connectivity index (χ1n) is 6.82. The highest BCUT2D eigenvalue weighted by Crippen LogP contribution is 2.61. The van der Waals surface area contributed by atoms with Crippen LogP contribution in [0, 0.1) is 11.8 Å². The predicted molar refractivity (Wildman–Crippen MR) is 69.5 cm³/mol. The molecular weight excluding hydrogens is 252 g/mol. The van der Waals surface area contributed by atoms with Crippen molar-refractivity contribution in [2.75, 3.05) is 6.61 Å². The van der Waals surface area contributed by atoms with Gasteiger partial charge in [-0.1, -0.05) is 6.08 Å². The van der Waals surface area contributed by atoms with Crippen LogP contribution >= 0.6 is 11.6 Å². The van der Waals surface area contributed by atoms with E-state index in [1.165, 1.54) is 0 Å². The SMILES string of the molecule is C=CC[C@@H]1C[C@]2(O)CCO[C@@]23C[C@@H](O)[C@H](Cl)C[C@H]13. The van der Waals surface area contributed by atoms with Crippen LogP contribution in [0.2, 0.25) is 0 Å². The third-order valence-electron chi connectivity index (χ3n) is 5.31. The van der Waals surface area contributed by atoms with Crippen LogP contribution in [-0.2, 0) is 4.74 Å². The molecule has 102 valence electrons. The van der Waals surface area contributed by atoms with E-state index in [0.717, 1.165) is 19.3 Å². The van der Waals surface area contributed by atoms with Crippen molar-refractivity contribution < 1.29 is 14.9 Å². The van der Waals surface area contributed by atoms with Crippen LogP contribution in [-0.4, -0.2) is 39.5 Å². The molecule has 2 saturated carbocycles. The molecule has 4 heteroatoms. The standard InChI is InChI=1S/C14H21ClO3/c1-2-3-9-7-13(17)4-5-18-14(13)8-12(16)11(15)6-10(9)14/h2,9-12,16-17H,1,3-8H2/t9-,10-,11-,12-,13-,14-/m1/s1. The van der Waals surface area contributed by atoms with Crippen LogP contribution in [0.15, 0.2) is 12.7 Å². The fourth-order valence-corrected chi connectivity index (χ4v) is 4.80. The van der Waals surface area contributed by atoms with Gasteiger partial charge in [-0.25, -0.2) is 0 Å². The molecule has 1 aliphatic heterocycles. The van der Waals surface area contributed by atoms with E-state index >= 15 is 0 Å². The van der Waals surface area contributed by atoms with Crippen molar-refractivity contribution in [3.05, 3.63) is 12.7 Å². The van der Waals surface area contributed by atoms with Gasteiger partial charge < -0.3 is 14.9 Å². The highest BCUT2D eigenvalue weighted by Gasteiger charge is 2.68. The lowest BCUT2D eigenvalue weighted by Gasteiger charge is -2.46. The summed E-state index contributed by atoms with van der Waals surface area (Å²) < 4.78 is 5.96. The smallest absolute Gasteiger partial charge is 0.102 e. The fourth-order valence-electron chi connectivity index (χ4n) is 4.51. The molecule has 0 amide bonds. The van der Waals surface area contributed by atoms with Crippen LogP contribution in [0.3, 0.4) is 0 Å². The first-order valence-corrected chi connectivity index (χ1v) is 7.25. The van der Waals surface area contributed by atoms with E-state index < -0.39 is 17.3 Å². The highest BCUT2D eigenvalue weighted by molar-refractivity contribution is 6.21. The topological polar surface area (TPSA) is 49.7 Å². The number of halogens is 1. The molecule has 2 N–H and O–H groups in total. The van der Waals surface area contributed by atoms with Gasteiger partial charge in [0, 0.05) is 12.8 Å². The normalized spacial score (nSPS) is 55.1. The Morgan fingerprint density at radius 1 is 1.44 bits per heavy atom. The second kappa shape index (κ2) is 4.20. The average molecular weight is 273 g/mol. The number of allylic oxidation sites excluding steroid dienone is 1. The zero-order valence-electron chi connectivity index (χ0n) is 10.5. The Labute approximate surface area is 113 Å². The summed E-state index contributed by atoms with van der Waals surface area (Å²) in [6, 6.07) is 0. The highest BCUT2D eigenvalue weighted by atomic mass is 35.5. The molecule has 0 bridgehead atoms. The Morgan fingerprint density at radius 3 is 2.94 bits per heavy atom. The fraction of sp³-hybridized carbons (Fsp3) is 0.857. The molecule has 0 aromatic heterocycles. The monoisotopic (exact) mass is 272 g/mol. The molecule has 3 aliphatic rings. The van der Waals surface area contributed by atoms with Crippen LogP contribution < -0.4 is 0 Å². The summed E-state index contributed by atoms with van der Waals surface area (Å²) in [4.78, 5) is 0. The van der Waals surface area contributed by atoms with Crippen molar-refractivity contribution in [3.8, 4) is 0 Å². The van der Waals surface area contributed by atoms with Gasteiger partial charge in [0.1, 0.15) is 5.60 Å². The minimum absolute atomic E-state index is 0.223. The summed E-state index contributed by atoms with van der Waals surface area (Å²) in [6.45, 7) is 4.40. The molecule has 2 aliphatic carbocycles. The third kappa shape index (κ3) is 1.54. The van der Waals surface area contributed by atoms with Crippen molar-refractivity contribution in [1.29, 1.82) is 0 Å². The molecule has 1 heterocycles. The van der Waals surface area contributed by atoms with E-state index in [9.17, 15) is 10.2 Å². The van der Waals surface area contributed by atoms with Crippen molar-refractivity contribution in [2.45, 2.75) is 54.8 Å². The number of aliphatic hydroxyl groups is 2. The van der Waals surface area contributed by atoms with Gasteiger partial charge in [0.25, 0.3) is 0 Å². The molecule has 0 aromatic carbocycles. The lowest BCUT2D eigenvalue weighted by Crippen LogP contribution is -2.57. The molecule has 3 fully saturated rings. The lowest BCUT2D eigenvalue weighted by molar-refractivity contribution is -0.159. The zero-order valence-corrected chi connectivity index (χ0v) is 11.3. The maximum absolute atomic E-state index is 10.9. The number of hydrogen-bond donors (Lipinski definition) is 2. The van der Waals surface area contributed by atoms with Gasteiger partial charge in [-0.05, 0) is 31.1 Å². The van der Waals surface area contributed by atoms with Gasteiger partial charge in [-0.3, -0.25) is 0 Å². The molecule has 0 radical (unpaired) electrons. The van der Waals surface area contributed by atoms with Gasteiger partial charge in [0.05, 0.1) is 23.7 Å². The maximum atomic E-state index is 10.9. The number of hydrogen-bond acceptors (Lipinski definition) is 3. The lowest BCUT2D eigenvalue weighted by atomic mass is 9.69. The largest absolute Gasteiger partial charge is 0.391 e. The first-order chi connectivity index (χ1) is 8.52. The minimum Gasteiger partial charge on any atom is -0.391 e. The second-order valence-corrected chi connectivity index (χ2v) is 6.70. The maximum Gasteiger partial charge on any atom is 0.102 e. The summed E-state index contributed by atoms with van der Waals surface area (Å²) >= 11 is 6.22. The Hall–Kier alpha value is -0.0900. The van der Waals surface area contributed by atoms with E-state index in [0.29, 0.717) is 25.4 Å². The molecular formula is C14H21ClO3. The van der Waals surface area contributed by atoms with Crippen molar-refractivity contribution in [2.24, 2.45) is 11.8 Å². The number of alkyl halides is 1. The van der Waals surface area contributed by atoms with E-state index in [2.05, 4.69) is 6.58 Å². The number of ether oxygens (including phenoxy) is 1. The summed E-state index contributed by atoms with van der Waals surface area (Å²) in [5, 5.41) is 20.7. The van der Waals surface area contributed by atoms with Gasteiger partial charge in [0.15, 0.2) is 0 Å². The Bertz CT molecular complexity index is 361. The molecule has 3 nitrogen and oxygen atoms in total. The van der Waals surface area contributed by atoms with Gasteiger partial charge in [-0.15, -0.1) is 18.2 Å². The van der Waals surface area contributed by atoms with E-state index in [1.54, 1.807) is 0 Å². The number of aliphatic hydroxyl groups excluding tert-OH is 1. The summed E-state index contributed by atoms with van der Waals surface area (Å²) in [5.41, 5.74) is -1.34. The summed E-state index contributed by atoms with van der Waals surface area (Å²) in [5.74, 6) is 0.621. The van der Waals surface area contributed by atoms with Crippen LogP contribution in [0.4, 0.5) is 0 Å². The molecule has 18 heavy (non-hydrogen) atoms. The summed E-state index contributed by atoms with van der Waals surface area (Å²) in [7, 11) is 0. The van der Waals surface area contributed by atoms with Gasteiger partial charge in [0.2, 0.25) is 0 Å². The van der Waals surface area contributed by atoms with Crippen LogP contribution in [0.1, 0.15) is 32.1 Å². The van der Waals surface area contributed by atoms with E-state index in [4.69, 9.17) is 16.3 Å². The molecule has 1 spiro atoms. The molecule has 3 rings (SSSR count). The molecule has 1 saturated heterocycles. The predicted octanol–water partition coefficient (Wildman–Crippen LogP) is 1.85. The average Bonchev–Trinajstić information content (AvgIpc) is 2.71. The first kappa shape index (κ1) is 12.9. The zero-order chi connectivity index (χ0) is 13.0. The third-order valence-corrected chi connectivity index (χ3v) is 5.78. The molecule has 0 aromatic rings. The Morgan fingerprint density at radius 2 is 2.22 bits per heavy atom. The van der Waals surface area contributed by atoms with Crippen molar-refractivity contribution in [3.63, 3.8) is 0 Å². The minimum atomic E-state index is -0.774. The Balaban J connectivity index is 1.96. The van der Waals surface area contributed by atoms with Gasteiger partial charge in [-0.2, -0.15) is 0 Å². The van der Waals surface area contributed by atoms with Crippen LogP contribution in [0.5, 0.6) is 0 Å².